The summed E-state index contributed by atoms with van der Waals surface area (Å²) in [4.78, 5) is 17.9. The minimum atomic E-state index is -0.562. The van der Waals surface area contributed by atoms with Crippen LogP contribution in [0.25, 0.3) is 0 Å². The Morgan fingerprint density at radius 3 is 2.08 bits per heavy atom. The molecule has 2 aromatic carbocycles. The maximum atomic E-state index is 13.4. The van der Waals surface area contributed by atoms with E-state index < -0.39 is 5.41 Å². The molecule has 0 bridgehead atoms. The molecule has 8 heteroatoms. The van der Waals surface area contributed by atoms with Crippen molar-refractivity contribution >= 4 is 36.4 Å². The van der Waals surface area contributed by atoms with Gasteiger partial charge in [0.2, 0.25) is 5.91 Å². The highest BCUT2D eigenvalue weighted by Crippen LogP contribution is 2.28. The Morgan fingerprint density at radius 1 is 0.972 bits per heavy atom. The zero-order valence-electron chi connectivity index (χ0n) is 21.8. The summed E-state index contributed by atoms with van der Waals surface area (Å²) in [6.07, 6.45) is 1.78. The first kappa shape index (κ1) is 30.4. The standard InChI is InChI=1S/C28H39FN4O.2ClH/c1-20-17-32(18-21(2)30-20)19-22-5-7-23(8-6-22)28(3,4)27(34)33-15-13-26(14-16-33)31-25-11-9-24(29)10-12-25;;/h5-12,20-21,26,30-31H,13-19H2,1-4H3;2*1H/t20-,21+;;. The zero-order valence-corrected chi connectivity index (χ0v) is 23.4. The van der Waals surface area contributed by atoms with E-state index in [1.54, 1.807) is 12.1 Å². The molecule has 0 radical (unpaired) electrons. The molecule has 1 amide bonds. The van der Waals surface area contributed by atoms with Gasteiger partial charge in [0.25, 0.3) is 0 Å². The van der Waals surface area contributed by atoms with E-state index in [9.17, 15) is 9.18 Å². The lowest BCUT2D eigenvalue weighted by Gasteiger charge is -2.38. The van der Waals surface area contributed by atoms with Crippen molar-refractivity contribution in [3.8, 4) is 0 Å². The van der Waals surface area contributed by atoms with Crippen LogP contribution in [0.5, 0.6) is 0 Å². The molecular weight excluding hydrogens is 498 g/mol. The van der Waals surface area contributed by atoms with E-state index >= 15 is 0 Å². The van der Waals surface area contributed by atoms with Gasteiger partial charge in [0.1, 0.15) is 5.82 Å². The fraction of sp³-hybridized carbons (Fsp3) is 0.536. The number of anilines is 1. The number of benzene rings is 2. The Hall–Kier alpha value is -1.86. The van der Waals surface area contributed by atoms with Gasteiger partial charge in [-0.1, -0.05) is 24.3 Å². The van der Waals surface area contributed by atoms with Crippen LogP contribution in [0, 0.1) is 5.82 Å². The number of rotatable bonds is 6. The molecule has 2 fully saturated rings. The molecule has 200 valence electrons. The molecule has 0 aliphatic carbocycles. The van der Waals surface area contributed by atoms with E-state index in [1.807, 2.05) is 18.7 Å². The summed E-state index contributed by atoms with van der Waals surface area (Å²) in [5.74, 6) is -0.0422. The fourth-order valence-corrected chi connectivity index (χ4v) is 5.38. The molecule has 0 aromatic heterocycles. The van der Waals surface area contributed by atoms with Gasteiger partial charge in [-0.2, -0.15) is 0 Å². The Kier molecular flexibility index (Phi) is 11.0. The van der Waals surface area contributed by atoms with Crippen LogP contribution in [-0.4, -0.2) is 60.0 Å². The highest BCUT2D eigenvalue weighted by Gasteiger charge is 2.35. The Morgan fingerprint density at radius 2 is 1.53 bits per heavy atom. The lowest BCUT2D eigenvalue weighted by Crippen LogP contribution is -2.53. The number of nitrogens with one attached hydrogen (secondary N) is 2. The average Bonchev–Trinajstić information content (AvgIpc) is 2.80. The number of amides is 1. The Balaban J connectivity index is 0.00000228. The monoisotopic (exact) mass is 538 g/mol. The molecule has 4 rings (SSSR count). The second kappa shape index (κ2) is 13.1. The highest BCUT2D eigenvalue weighted by atomic mass is 35.5. The van der Waals surface area contributed by atoms with E-state index in [0.717, 1.165) is 56.8 Å². The Labute approximate surface area is 228 Å². The zero-order chi connectivity index (χ0) is 24.3. The average molecular weight is 540 g/mol. The summed E-state index contributed by atoms with van der Waals surface area (Å²) in [5, 5.41) is 7.05. The van der Waals surface area contributed by atoms with Crippen LogP contribution in [-0.2, 0) is 16.8 Å². The number of likely N-dealkylation sites (tertiary alicyclic amines) is 1. The second-order valence-corrected chi connectivity index (χ2v) is 10.7. The largest absolute Gasteiger partial charge is 0.382 e. The molecule has 5 nitrogen and oxygen atoms in total. The Bertz CT molecular complexity index is 953. The topological polar surface area (TPSA) is 47.6 Å². The van der Waals surface area contributed by atoms with E-state index in [4.69, 9.17) is 0 Å². The second-order valence-electron chi connectivity index (χ2n) is 10.7. The smallest absolute Gasteiger partial charge is 0.232 e. The maximum absolute atomic E-state index is 13.4. The molecule has 2 aliphatic rings. The summed E-state index contributed by atoms with van der Waals surface area (Å²) in [5.41, 5.74) is 2.72. The molecular formula is C28H41Cl2FN4O. The van der Waals surface area contributed by atoms with Crippen molar-refractivity contribution in [3.63, 3.8) is 0 Å². The van der Waals surface area contributed by atoms with Crippen molar-refractivity contribution < 1.29 is 9.18 Å². The van der Waals surface area contributed by atoms with Gasteiger partial charge in [-0.3, -0.25) is 9.69 Å². The van der Waals surface area contributed by atoms with Crippen LogP contribution in [0.1, 0.15) is 51.7 Å². The number of piperidine rings is 1. The lowest BCUT2D eigenvalue weighted by atomic mass is 9.82. The van der Waals surface area contributed by atoms with Crippen molar-refractivity contribution in [2.24, 2.45) is 0 Å². The molecule has 2 saturated heterocycles. The van der Waals surface area contributed by atoms with Gasteiger partial charge in [-0.05, 0) is 75.9 Å². The molecule has 2 aliphatic heterocycles. The quantitative estimate of drug-likeness (QED) is 0.528. The summed E-state index contributed by atoms with van der Waals surface area (Å²) in [6, 6.07) is 16.4. The van der Waals surface area contributed by atoms with E-state index in [2.05, 4.69) is 53.6 Å². The lowest BCUT2D eigenvalue weighted by molar-refractivity contribution is -0.137. The van der Waals surface area contributed by atoms with Gasteiger partial charge in [0.05, 0.1) is 5.41 Å². The molecule has 2 N–H and O–H groups in total. The molecule has 2 atom stereocenters. The number of carbonyl (C=O) groups excluding carboxylic acids is 1. The molecule has 36 heavy (non-hydrogen) atoms. The van der Waals surface area contributed by atoms with E-state index in [0.29, 0.717) is 18.1 Å². The van der Waals surface area contributed by atoms with Gasteiger partial charge in [0.15, 0.2) is 0 Å². The molecule has 2 heterocycles. The van der Waals surface area contributed by atoms with Gasteiger partial charge in [-0.15, -0.1) is 24.8 Å². The third kappa shape index (κ3) is 7.58. The maximum Gasteiger partial charge on any atom is 0.232 e. The van der Waals surface area contributed by atoms with Crippen LogP contribution in [0.3, 0.4) is 0 Å². The fourth-order valence-electron chi connectivity index (χ4n) is 5.38. The van der Waals surface area contributed by atoms with Gasteiger partial charge in [0, 0.05) is 56.5 Å². The normalized spacial score (nSPS) is 21.3. The van der Waals surface area contributed by atoms with Crippen LogP contribution >= 0.6 is 24.8 Å². The number of halogens is 3. The minimum Gasteiger partial charge on any atom is -0.382 e. The van der Waals surface area contributed by atoms with Crippen molar-refractivity contribution in [2.75, 3.05) is 31.5 Å². The summed E-state index contributed by atoms with van der Waals surface area (Å²) in [7, 11) is 0. The first-order valence-corrected chi connectivity index (χ1v) is 12.6. The van der Waals surface area contributed by atoms with Gasteiger partial charge < -0.3 is 15.5 Å². The first-order chi connectivity index (χ1) is 16.2. The van der Waals surface area contributed by atoms with Crippen LogP contribution < -0.4 is 10.6 Å². The third-order valence-corrected chi connectivity index (χ3v) is 7.25. The van der Waals surface area contributed by atoms with Crippen LogP contribution in [0.4, 0.5) is 10.1 Å². The summed E-state index contributed by atoms with van der Waals surface area (Å²) in [6.45, 7) is 13.1. The molecule has 2 aromatic rings. The van der Waals surface area contributed by atoms with E-state index in [1.165, 1.54) is 17.7 Å². The predicted octanol–water partition coefficient (Wildman–Crippen LogP) is 5.23. The predicted molar refractivity (Wildman–Crippen MR) is 151 cm³/mol. The van der Waals surface area contributed by atoms with Gasteiger partial charge >= 0.3 is 0 Å². The summed E-state index contributed by atoms with van der Waals surface area (Å²) < 4.78 is 13.1. The molecule has 0 saturated carbocycles. The minimum absolute atomic E-state index is 0. The SMILES string of the molecule is C[C@@H]1CN(Cc2ccc(C(C)(C)C(=O)N3CCC(Nc4ccc(F)cc4)CC3)cc2)C[C@H](C)N1.Cl.Cl. The van der Waals surface area contributed by atoms with Gasteiger partial charge in [-0.25, -0.2) is 4.39 Å². The summed E-state index contributed by atoms with van der Waals surface area (Å²) >= 11 is 0. The number of nitrogens with zero attached hydrogens (tertiary/aromatic N) is 2. The number of carbonyl (C=O) groups is 1. The van der Waals surface area contributed by atoms with Crippen molar-refractivity contribution in [2.45, 2.75) is 70.6 Å². The third-order valence-electron chi connectivity index (χ3n) is 7.25. The number of hydrogen-bond donors (Lipinski definition) is 2. The highest BCUT2D eigenvalue weighted by molar-refractivity contribution is 5.87. The van der Waals surface area contributed by atoms with Crippen molar-refractivity contribution in [1.29, 1.82) is 0 Å². The first-order valence-electron chi connectivity index (χ1n) is 12.6. The molecule has 0 spiro atoms. The van der Waals surface area contributed by atoms with Crippen molar-refractivity contribution in [1.82, 2.24) is 15.1 Å². The van der Waals surface area contributed by atoms with Crippen molar-refractivity contribution in [3.05, 3.63) is 65.5 Å². The van der Waals surface area contributed by atoms with Crippen LogP contribution in [0.15, 0.2) is 48.5 Å². The van der Waals surface area contributed by atoms with E-state index in [-0.39, 0.29) is 36.5 Å². The van der Waals surface area contributed by atoms with Crippen LogP contribution in [0.2, 0.25) is 0 Å². The number of hydrogen-bond acceptors (Lipinski definition) is 4. The molecule has 0 unspecified atom stereocenters. The number of piperazine rings is 1.